The van der Waals surface area contributed by atoms with Crippen LogP contribution in [0.5, 0.6) is 11.5 Å². The van der Waals surface area contributed by atoms with E-state index >= 15 is 0 Å². The second-order valence-electron chi connectivity index (χ2n) is 7.30. The van der Waals surface area contributed by atoms with Crippen molar-refractivity contribution in [1.82, 2.24) is 9.62 Å². The van der Waals surface area contributed by atoms with Crippen LogP contribution in [0, 0.1) is 0 Å². The minimum atomic E-state index is -3.60. The van der Waals surface area contributed by atoms with E-state index in [4.69, 9.17) is 9.47 Å². The Morgan fingerprint density at radius 3 is 2.43 bits per heavy atom. The molecular formula is C22H28N2O5S. The summed E-state index contributed by atoms with van der Waals surface area (Å²) < 4.78 is 38.0. The quantitative estimate of drug-likeness (QED) is 0.725. The van der Waals surface area contributed by atoms with Crippen molar-refractivity contribution < 1.29 is 22.7 Å². The summed E-state index contributed by atoms with van der Waals surface area (Å²) in [5, 5.41) is 2.91. The van der Waals surface area contributed by atoms with Gasteiger partial charge in [-0.2, -0.15) is 4.31 Å². The third-order valence-corrected chi connectivity index (χ3v) is 7.19. The number of carbonyl (C=O) groups excluding carboxylic acids is 1. The summed E-state index contributed by atoms with van der Waals surface area (Å²) in [5.74, 6) is 0.926. The average Bonchev–Trinajstić information content (AvgIpc) is 2.79. The lowest BCUT2D eigenvalue weighted by molar-refractivity contribution is 0.0939. The molecule has 30 heavy (non-hydrogen) atoms. The maximum absolute atomic E-state index is 12.9. The number of nitrogens with zero attached hydrogens (tertiary/aromatic N) is 1. The first-order valence-corrected chi connectivity index (χ1v) is 11.4. The molecule has 1 N–H and O–H groups in total. The average molecular weight is 433 g/mol. The Bertz CT molecular complexity index is 1000. The molecule has 2 aromatic rings. The Balaban J connectivity index is 1.80. The third kappa shape index (κ3) is 4.76. The lowest BCUT2D eigenvalue weighted by Crippen LogP contribution is -2.35. The number of amides is 1. The molecule has 1 aliphatic heterocycles. The van der Waals surface area contributed by atoms with Crippen LogP contribution in [0.25, 0.3) is 0 Å². The highest BCUT2D eigenvalue weighted by Crippen LogP contribution is 2.29. The van der Waals surface area contributed by atoms with Crippen molar-refractivity contribution in [2.75, 3.05) is 27.3 Å². The van der Waals surface area contributed by atoms with E-state index < -0.39 is 10.0 Å². The van der Waals surface area contributed by atoms with Crippen LogP contribution in [0.2, 0.25) is 0 Å². The number of hydrogen-bond donors (Lipinski definition) is 1. The van der Waals surface area contributed by atoms with Crippen molar-refractivity contribution in [3.63, 3.8) is 0 Å². The summed E-state index contributed by atoms with van der Waals surface area (Å²) >= 11 is 0. The van der Waals surface area contributed by atoms with E-state index in [9.17, 15) is 13.2 Å². The minimum absolute atomic E-state index is 0.142. The zero-order chi connectivity index (χ0) is 21.7. The summed E-state index contributed by atoms with van der Waals surface area (Å²) in [6.45, 7) is 2.88. The molecule has 7 nitrogen and oxygen atoms in total. The van der Waals surface area contributed by atoms with Gasteiger partial charge in [-0.25, -0.2) is 8.42 Å². The van der Waals surface area contributed by atoms with Gasteiger partial charge in [0, 0.05) is 24.2 Å². The van der Waals surface area contributed by atoms with Crippen molar-refractivity contribution in [2.45, 2.75) is 37.1 Å². The fourth-order valence-electron chi connectivity index (χ4n) is 3.59. The number of sulfonamides is 1. The number of carbonyl (C=O) groups is 1. The van der Waals surface area contributed by atoms with E-state index in [-0.39, 0.29) is 16.8 Å². The smallest absolute Gasteiger partial charge is 0.251 e. The molecule has 1 fully saturated rings. The van der Waals surface area contributed by atoms with Gasteiger partial charge in [-0.3, -0.25) is 4.79 Å². The molecule has 0 spiro atoms. The molecule has 0 unspecified atom stereocenters. The van der Waals surface area contributed by atoms with E-state index in [2.05, 4.69) is 5.32 Å². The highest BCUT2D eigenvalue weighted by atomic mass is 32.2. The number of ether oxygens (including phenoxy) is 2. The second kappa shape index (κ2) is 9.49. The van der Waals surface area contributed by atoms with Gasteiger partial charge in [0.15, 0.2) is 0 Å². The van der Waals surface area contributed by atoms with Gasteiger partial charge in [-0.05, 0) is 56.2 Å². The molecule has 0 bridgehead atoms. The predicted molar refractivity (Wildman–Crippen MR) is 114 cm³/mol. The van der Waals surface area contributed by atoms with Crippen molar-refractivity contribution in [3.05, 3.63) is 53.6 Å². The van der Waals surface area contributed by atoms with Crippen LogP contribution in [0.15, 0.2) is 47.4 Å². The number of nitrogens with one attached hydrogen (secondary N) is 1. The Morgan fingerprint density at radius 1 is 1.03 bits per heavy atom. The van der Waals surface area contributed by atoms with Gasteiger partial charge in [0.25, 0.3) is 5.91 Å². The predicted octanol–water partition coefficient (Wildman–Crippen LogP) is 3.37. The number of hydrogen-bond acceptors (Lipinski definition) is 5. The van der Waals surface area contributed by atoms with Gasteiger partial charge in [-0.15, -0.1) is 0 Å². The molecule has 0 aromatic heterocycles. The minimum Gasteiger partial charge on any atom is -0.497 e. The first kappa shape index (κ1) is 22.1. The maximum atomic E-state index is 12.9. The van der Waals surface area contributed by atoms with Crippen molar-refractivity contribution in [3.8, 4) is 11.5 Å². The molecule has 2 aromatic carbocycles. The summed E-state index contributed by atoms with van der Waals surface area (Å²) in [7, 11) is -0.465. The molecule has 1 amide bonds. The first-order valence-electron chi connectivity index (χ1n) is 10.00. The molecule has 162 valence electrons. The Kier molecular flexibility index (Phi) is 6.99. The zero-order valence-corrected chi connectivity index (χ0v) is 18.4. The fourth-order valence-corrected chi connectivity index (χ4v) is 5.15. The van der Waals surface area contributed by atoms with Gasteiger partial charge in [0.2, 0.25) is 10.0 Å². The van der Waals surface area contributed by atoms with Gasteiger partial charge in [0.1, 0.15) is 11.5 Å². The van der Waals surface area contributed by atoms with Crippen LogP contribution in [-0.2, 0) is 10.0 Å². The summed E-state index contributed by atoms with van der Waals surface area (Å²) in [5.41, 5.74) is 1.06. The number of benzene rings is 2. The van der Waals surface area contributed by atoms with Crippen molar-refractivity contribution in [1.29, 1.82) is 0 Å². The normalized spacial score (nSPS) is 16.0. The highest BCUT2D eigenvalue weighted by molar-refractivity contribution is 7.89. The summed E-state index contributed by atoms with van der Waals surface area (Å²) in [4.78, 5) is 13.0. The standard InChI is InChI=1S/C22H28N2O5S/c1-16(20-15-18(28-2)10-11-21(20)29-3)23-22(25)17-8-7-9-19(14-17)30(26,27)24-12-5-4-6-13-24/h7-11,14-16H,4-6,12-13H2,1-3H3,(H,23,25)/t16-/m1/s1. The van der Waals surface area contributed by atoms with Gasteiger partial charge in [-0.1, -0.05) is 12.5 Å². The monoisotopic (exact) mass is 432 g/mol. The molecular weight excluding hydrogens is 404 g/mol. The van der Waals surface area contributed by atoms with E-state index in [0.29, 0.717) is 30.2 Å². The van der Waals surface area contributed by atoms with Gasteiger partial charge in [0.05, 0.1) is 25.2 Å². The third-order valence-electron chi connectivity index (χ3n) is 5.30. The molecule has 1 atom stereocenters. The van der Waals surface area contributed by atoms with Gasteiger partial charge >= 0.3 is 0 Å². The van der Waals surface area contributed by atoms with Crippen molar-refractivity contribution >= 4 is 15.9 Å². The molecule has 3 rings (SSSR count). The molecule has 8 heteroatoms. The van der Waals surface area contributed by atoms with E-state index in [1.165, 1.54) is 16.4 Å². The SMILES string of the molecule is COc1ccc(OC)c([C@@H](C)NC(=O)c2cccc(S(=O)(=O)N3CCCCC3)c2)c1. The largest absolute Gasteiger partial charge is 0.497 e. The van der Waals surface area contributed by atoms with Crippen LogP contribution in [0.1, 0.15) is 48.1 Å². The Hall–Kier alpha value is -2.58. The summed E-state index contributed by atoms with van der Waals surface area (Å²) in [6.07, 6.45) is 2.76. The number of rotatable bonds is 7. The zero-order valence-electron chi connectivity index (χ0n) is 17.6. The van der Waals surface area contributed by atoms with Gasteiger partial charge < -0.3 is 14.8 Å². The molecule has 0 aliphatic carbocycles. The van der Waals surface area contributed by atoms with Crippen LogP contribution in [0.4, 0.5) is 0 Å². The Labute approximate surface area is 178 Å². The lowest BCUT2D eigenvalue weighted by atomic mass is 10.1. The fraction of sp³-hybridized carbons (Fsp3) is 0.409. The maximum Gasteiger partial charge on any atom is 0.251 e. The molecule has 0 saturated carbocycles. The van der Waals surface area contributed by atoms with E-state index in [1.54, 1.807) is 44.6 Å². The molecule has 1 saturated heterocycles. The van der Waals surface area contributed by atoms with Crippen molar-refractivity contribution in [2.24, 2.45) is 0 Å². The Morgan fingerprint density at radius 2 is 1.77 bits per heavy atom. The molecule has 1 heterocycles. The molecule has 1 aliphatic rings. The second-order valence-corrected chi connectivity index (χ2v) is 9.23. The van der Waals surface area contributed by atoms with Crippen LogP contribution in [0.3, 0.4) is 0 Å². The number of methoxy groups -OCH3 is 2. The van der Waals surface area contributed by atoms with Crippen LogP contribution >= 0.6 is 0 Å². The molecule has 0 radical (unpaired) electrons. The summed E-state index contributed by atoms with van der Waals surface area (Å²) in [6, 6.07) is 11.2. The first-order chi connectivity index (χ1) is 14.4. The number of piperidine rings is 1. The topological polar surface area (TPSA) is 84.9 Å². The van der Waals surface area contributed by atoms with Crippen LogP contribution < -0.4 is 14.8 Å². The highest BCUT2D eigenvalue weighted by Gasteiger charge is 2.26. The van der Waals surface area contributed by atoms with E-state index in [1.807, 2.05) is 6.92 Å². The van der Waals surface area contributed by atoms with E-state index in [0.717, 1.165) is 24.8 Å². The van der Waals surface area contributed by atoms with Crippen LogP contribution in [-0.4, -0.2) is 45.9 Å². The lowest BCUT2D eigenvalue weighted by Gasteiger charge is -2.26.